The second-order valence-electron chi connectivity index (χ2n) is 4.86. The van der Waals surface area contributed by atoms with E-state index in [0.29, 0.717) is 5.69 Å². The first-order chi connectivity index (χ1) is 8.74. The van der Waals surface area contributed by atoms with E-state index in [1.165, 1.54) is 19.5 Å². The minimum atomic E-state index is -1.31. The summed E-state index contributed by atoms with van der Waals surface area (Å²) in [6.45, 7) is 5.09. The smallest absolute Gasteiger partial charge is 0.328 e. The highest BCUT2D eigenvalue weighted by Crippen LogP contribution is 2.19. The maximum absolute atomic E-state index is 12.0. The van der Waals surface area contributed by atoms with Gasteiger partial charge in [0.15, 0.2) is 5.82 Å². The topological polar surface area (TPSA) is 104 Å². The predicted octanol–water partition coefficient (Wildman–Crippen LogP) is 0.657. The largest absolute Gasteiger partial charge is 0.468 e. The third kappa shape index (κ3) is 4.20. The highest BCUT2D eigenvalue weighted by molar-refractivity contribution is 6.00. The molecule has 0 amide bonds. The molecule has 1 atom stereocenters. The number of carbonyl (C=O) groups is 2. The highest BCUT2D eigenvalue weighted by Gasteiger charge is 2.36. The number of carbonyl (C=O) groups excluding carboxylic acids is 2. The Labute approximate surface area is 111 Å². The molecule has 0 aliphatic heterocycles. The van der Waals surface area contributed by atoms with E-state index >= 15 is 0 Å². The van der Waals surface area contributed by atoms with Gasteiger partial charge in [-0.05, 0) is 20.8 Å². The number of esters is 2. The summed E-state index contributed by atoms with van der Waals surface area (Å²) in [4.78, 5) is 31.4. The van der Waals surface area contributed by atoms with Gasteiger partial charge in [0.05, 0.1) is 25.2 Å². The molecule has 2 N–H and O–H groups in total. The number of nitrogen functional groups attached to an aromatic ring is 1. The molecule has 0 aliphatic carbocycles. The number of rotatable bonds is 3. The van der Waals surface area contributed by atoms with Crippen molar-refractivity contribution >= 4 is 17.6 Å². The first-order valence-electron chi connectivity index (χ1n) is 5.62. The highest BCUT2D eigenvalue weighted by atomic mass is 16.6. The lowest BCUT2D eigenvalue weighted by molar-refractivity contribution is -0.163. The summed E-state index contributed by atoms with van der Waals surface area (Å²) in [5, 5.41) is 0. The summed E-state index contributed by atoms with van der Waals surface area (Å²) in [7, 11) is 1.18. The van der Waals surface area contributed by atoms with E-state index in [9.17, 15) is 9.59 Å². The van der Waals surface area contributed by atoms with Gasteiger partial charge in [-0.2, -0.15) is 0 Å². The summed E-state index contributed by atoms with van der Waals surface area (Å²) >= 11 is 0. The Morgan fingerprint density at radius 2 is 1.74 bits per heavy atom. The molecule has 0 aromatic carbocycles. The monoisotopic (exact) mass is 267 g/mol. The van der Waals surface area contributed by atoms with Gasteiger partial charge in [0.1, 0.15) is 5.60 Å². The lowest BCUT2D eigenvalue weighted by Crippen LogP contribution is -2.33. The van der Waals surface area contributed by atoms with Gasteiger partial charge in [-0.3, -0.25) is 9.59 Å². The van der Waals surface area contributed by atoms with Gasteiger partial charge in [0.2, 0.25) is 5.92 Å². The fraction of sp³-hybridized carbons (Fsp3) is 0.500. The van der Waals surface area contributed by atoms with Crippen LogP contribution >= 0.6 is 0 Å². The predicted molar refractivity (Wildman–Crippen MR) is 67.0 cm³/mol. The molecule has 7 nitrogen and oxygen atoms in total. The van der Waals surface area contributed by atoms with Gasteiger partial charge < -0.3 is 15.2 Å². The molecule has 0 bridgehead atoms. The van der Waals surface area contributed by atoms with Crippen LogP contribution in [0.15, 0.2) is 12.4 Å². The molecule has 1 unspecified atom stereocenters. The van der Waals surface area contributed by atoms with Crippen molar-refractivity contribution in [1.82, 2.24) is 9.97 Å². The first kappa shape index (κ1) is 14.9. The Balaban J connectivity index is 3.05. The van der Waals surface area contributed by atoms with Crippen molar-refractivity contribution in [2.75, 3.05) is 12.8 Å². The molecule has 0 fully saturated rings. The standard InChI is InChI=1S/C12H17N3O4/c1-12(2,3)19-11(17)8(10(16)18-4)9-14-5-7(13)6-15-9/h5-6,8H,13H2,1-4H3. The molecule has 19 heavy (non-hydrogen) atoms. The van der Waals surface area contributed by atoms with Gasteiger partial charge in [-0.15, -0.1) is 0 Å². The maximum Gasteiger partial charge on any atom is 0.328 e. The van der Waals surface area contributed by atoms with E-state index in [4.69, 9.17) is 10.5 Å². The van der Waals surface area contributed by atoms with E-state index in [2.05, 4.69) is 14.7 Å². The van der Waals surface area contributed by atoms with Crippen LogP contribution in [0.1, 0.15) is 32.5 Å². The van der Waals surface area contributed by atoms with Crippen LogP contribution in [-0.2, 0) is 19.1 Å². The van der Waals surface area contributed by atoms with Crippen molar-refractivity contribution in [1.29, 1.82) is 0 Å². The average Bonchev–Trinajstić information content (AvgIpc) is 2.29. The summed E-state index contributed by atoms with van der Waals surface area (Å²) in [6, 6.07) is 0. The average molecular weight is 267 g/mol. The lowest BCUT2D eigenvalue weighted by atomic mass is 10.1. The third-order valence-corrected chi connectivity index (χ3v) is 2.03. The maximum atomic E-state index is 12.0. The van der Waals surface area contributed by atoms with Crippen molar-refractivity contribution in [2.24, 2.45) is 0 Å². The van der Waals surface area contributed by atoms with Gasteiger partial charge >= 0.3 is 11.9 Å². The Bertz CT molecular complexity index is 465. The Morgan fingerprint density at radius 3 is 2.16 bits per heavy atom. The molecule has 0 radical (unpaired) electrons. The van der Waals surface area contributed by atoms with Crippen molar-refractivity contribution in [3.63, 3.8) is 0 Å². The van der Waals surface area contributed by atoms with Gasteiger partial charge in [-0.1, -0.05) is 0 Å². The van der Waals surface area contributed by atoms with Gasteiger partial charge in [0.25, 0.3) is 0 Å². The third-order valence-electron chi connectivity index (χ3n) is 2.03. The van der Waals surface area contributed by atoms with E-state index in [-0.39, 0.29) is 5.82 Å². The number of anilines is 1. The van der Waals surface area contributed by atoms with E-state index in [1.807, 2.05) is 0 Å². The molecular weight excluding hydrogens is 250 g/mol. The normalized spacial score (nSPS) is 12.6. The zero-order valence-electron chi connectivity index (χ0n) is 11.3. The summed E-state index contributed by atoms with van der Waals surface area (Å²) in [5.74, 6) is -2.86. The molecule has 1 aromatic rings. The SMILES string of the molecule is COC(=O)C(C(=O)OC(C)(C)C)c1ncc(N)cn1. The molecule has 1 heterocycles. The van der Waals surface area contributed by atoms with E-state index < -0.39 is 23.5 Å². The number of nitrogens with zero attached hydrogens (tertiary/aromatic N) is 2. The molecule has 7 heteroatoms. The molecule has 0 spiro atoms. The molecule has 1 aromatic heterocycles. The fourth-order valence-electron chi connectivity index (χ4n) is 1.28. The molecule has 104 valence electrons. The van der Waals surface area contributed by atoms with Crippen molar-refractivity contribution in [3.8, 4) is 0 Å². The van der Waals surface area contributed by atoms with E-state index in [1.54, 1.807) is 20.8 Å². The number of methoxy groups -OCH3 is 1. The van der Waals surface area contributed by atoms with Crippen LogP contribution in [0, 0.1) is 0 Å². The number of nitrogens with two attached hydrogens (primary N) is 1. The summed E-state index contributed by atoms with van der Waals surface area (Å²) < 4.78 is 9.74. The quantitative estimate of drug-likeness (QED) is 0.633. The summed E-state index contributed by atoms with van der Waals surface area (Å²) in [5.41, 5.74) is 5.06. The van der Waals surface area contributed by atoms with Crippen LogP contribution in [0.2, 0.25) is 0 Å². The van der Waals surface area contributed by atoms with Crippen molar-refractivity contribution in [3.05, 3.63) is 18.2 Å². The fourth-order valence-corrected chi connectivity index (χ4v) is 1.28. The number of aromatic nitrogens is 2. The van der Waals surface area contributed by atoms with Crippen molar-refractivity contribution in [2.45, 2.75) is 32.3 Å². The number of hydrogen-bond donors (Lipinski definition) is 1. The number of hydrogen-bond acceptors (Lipinski definition) is 7. The molecule has 0 saturated carbocycles. The zero-order chi connectivity index (χ0) is 14.6. The van der Waals surface area contributed by atoms with Crippen LogP contribution in [-0.4, -0.2) is 34.6 Å². The van der Waals surface area contributed by atoms with Crippen LogP contribution in [0.4, 0.5) is 5.69 Å². The number of ether oxygens (including phenoxy) is 2. The zero-order valence-corrected chi connectivity index (χ0v) is 11.3. The van der Waals surface area contributed by atoms with Crippen LogP contribution in [0.3, 0.4) is 0 Å². The molecule has 1 rings (SSSR count). The first-order valence-corrected chi connectivity index (χ1v) is 5.62. The second kappa shape index (κ2) is 5.64. The summed E-state index contributed by atoms with van der Waals surface area (Å²) in [6.07, 6.45) is 2.62. The van der Waals surface area contributed by atoms with Crippen LogP contribution in [0.25, 0.3) is 0 Å². The second-order valence-corrected chi connectivity index (χ2v) is 4.86. The Hall–Kier alpha value is -2.18. The minimum absolute atomic E-state index is 0.00435. The van der Waals surface area contributed by atoms with Gasteiger partial charge in [0, 0.05) is 0 Å². The minimum Gasteiger partial charge on any atom is -0.468 e. The molecule has 0 aliphatic rings. The van der Waals surface area contributed by atoms with Crippen molar-refractivity contribution < 1.29 is 19.1 Å². The van der Waals surface area contributed by atoms with Gasteiger partial charge in [-0.25, -0.2) is 9.97 Å². The Morgan fingerprint density at radius 1 is 1.21 bits per heavy atom. The van der Waals surface area contributed by atoms with Crippen LogP contribution in [0.5, 0.6) is 0 Å². The Kier molecular flexibility index (Phi) is 4.42. The van der Waals surface area contributed by atoms with Crippen LogP contribution < -0.4 is 5.73 Å². The lowest BCUT2D eigenvalue weighted by Gasteiger charge is -2.22. The molecule has 0 saturated heterocycles. The van der Waals surface area contributed by atoms with E-state index in [0.717, 1.165) is 0 Å². The molecular formula is C12H17N3O4.